The second-order valence-corrected chi connectivity index (χ2v) is 8.15. The van der Waals surface area contributed by atoms with E-state index < -0.39 is 51.1 Å². The first-order valence-corrected chi connectivity index (χ1v) is 10.5. The molecule has 1 aliphatic rings. The summed E-state index contributed by atoms with van der Waals surface area (Å²) in [4.78, 5) is 61.4. The first-order chi connectivity index (χ1) is 16.6. The molecule has 0 aliphatic carbocycles. The van der Waals surface area contributed by atoms with Crippen LogP contribution >= 0.6 is 23.2 Å². The maximum absolute atomic E-state index is 13.5. The Balaban J connectivity index is 1.85. The van der Waals surface area contributed by atoms with Crippen molar-refractivity contribution in [3.05, 3.63) is 113 Å². The van der Waals surface area contributed by atoms with Crippen molar-refractivity contribution < 1.29 is 24.2 Å². The molecule has 35 heavy (non-hydrogen) atoms. The molecule has 1 aliphatic heterocycles. The van der Waals surface area contributed by atoms with E-state index in [4.69, 9.17) is 23.2 Å². The van der Waals surface area contributed by atoms with Gasteiger partial charge in [-0.2, -0.15) is 5.01 Å². The van der Waals surface area contributed by atoms with Crippen molar-refractivity contribution in [2.75, 3.05) is 0 Å². The topological polar surface area (TPSA) is 144 Å². The molecule has 0 saturated carbocycles. The van der Waals surface area contributed by atoms with Crippen molar-refractivity contribution in [2.45, 2.75) is 6.54 Å². The van der Waals surface area contributed by atoms with Crippen LogP contribution in [0.2, 0.25) is 10.0 Å². The fourth-order valence-corrected chi connectivity index (χ4v) is 3.90. The van der Waals surface area contributed by atoms with Crippen molar-refractivity contribution in [3.63, 3.8) is 0 Å². The second kappa shape index (κ2) is 9.12. The Hall–Kier alpha value is -4.35. The zero-order valence-corrected chi connectivity index (χ0v) is 18.9. The Morgan fingerprint density at radius 1 is 0.857 bits per heavy atom. The average Bonchev–Trinajstić information content (AvgIpc) is 3.08. The van der Waals surface area contributed by atoms with Crippen molar-refractivity contribution in [1.82, 2.24) is 10.0 Å². The van der Waals surface area contributed by atoms with Crippen LogP contribution in [0.5, 0.6) is 0 Å². The van der Waals surface area contributed by atoms with E-state index in [1.807, 2.05) is 0 Å². The van der Waals surface area contributed by atoms with Crippen LogP contribution in [-0.2, 0) is 6.54 Å². The summed E-state index contributed by atoms with van der Waals surface area (Å²) in [6, 6.07) is 12.7. The van der Waals surface area contributed by atoms with Crippen LogP contribution < -0.4 is 0 Å². The Morgan fingerprint density at radius 3 is 2.11 bits per heavy atom. The molecule has 0 bridgehead atoms. The van der Waals surface area contributed by atoms with Gasteiger partial charge in [-0.1, -0.05) is 29.3 Å². The first-order valence-electron chi connectivity index (χ1n) is 9.76. The Morgan fingerprint density at radius 2 is 1.49 bits per heavy atom. The normalized spacial score (nSPS) is 12.5. The van der Waals surface area contributed by atoms with Gasteiger partial charge in [-0.25, -0.2) is 5.01 Å². The third-order valence-corrected chi connectivity index (χ3v) is 5.69. The summed E-state index contributed by atoms with van der Waals surface area (Å²) in [7, 11) is 0. The van der Waals surface area contributed by atoms with Crippen LogP contribution in [0.25, 0.3) is 0 Å². The largest absolute Gasteiger partial charge is 0.287 e. The summed E-state index contributed by atoms with van der Waals surface area (Å²) in [5.41, 5.74) is -1.84. The van der Waals surface area contributed by atoms with Gasteiger partial charge in [0, 0.05) is 27.7 Å². The highest BCUT2D eigenvalue weighted by Gasteiger charge is 2.46. The number of amides is 3. The number of nitro benzene ring substituents is 2. The van der Waals surface area contributed by atoms with Gasteiger partial charge >= 0.3 is 0 Å². The lowest BCUT2D eigenvalue weighted by atomic mass is 10.1. The van der Waals surface area contributed by atoms with E-state index >= 15 is 0 Å². The van der Waals surface area contributed by atoms with Gasteiger partial charge in [-0.3, -0.25) is 34.6 Å². The number of hydrogen-bond donors (Lipinski definition) is 0. The molecule has 0 radical (unpaired) electrons. The number of fused-ring (bicyclic) bond motifs is 1. The smallest absolute Gasteiger partial charge is 0.267 e. The Labute approximate surface area is 206 Å². The molecule has 0 fully saturated rings. The van der Waals surface area contributed by atoms with Gasteiger partial charge in [0.25, 0.3) is 29.1 Å². The van der Waals surface area contributed by atoms with Crippen LogP contribution in [0.15, 0.2) is 60.7 Å². The number of hydrogen-bond acceptors (Lipinski definition) is 7. The minimum absolute atomic E-state index is 0.0112. The van der Waals surface area contributed by atoms with Crippen molar-refractivity contribution >= 4 is 52.3 Å². The molecule has 13 heteroatoms. The molecule has 176 valence electrons. The molecule has 0 aromatic heterocycles. The van der Waals surface area contributed by atoms with Crippen LogP contribution in [0.1, 0.15) is 36.6 Å². The Kier molecular flexibility index (Phi) is 6.20. The summed E-state index contributed by atoms with van der Waals surface area (Å²) < 4.78 is 0. The molecule has 0 N–H and O–H groups in total. The number of nitrogens with zero attached hydrogens (tertiary/aromatic N) is 4. The molecule has 0 spiro atoms. The number of nitro groups is 2. The molecule has 3 amide bonds. The van der Waals surface area contributed by atoms with Gasteiger partial charge in [0.2, 0.25) is 0 Å². The molecule has 0 saturated heterocycles. The molecular formula is C22H12Cl2N4O7. The monoisotopic (exact) mass is 514 g/mol. The zero-order valence-electron chi connectivity index (χ0n) is 17.4. The standard InChI is InChI=1S/C22H12Cl2N4O7/c23-14-7-4-12(5-8-14)20(29)25(11-13-6-9-15(24)10-18(13)28(34)35)26-21(30)16-2-1-3-17(27(32)33)19(16)22(26)31/h1-10H,11H2. The van der Waals surface area contributed by atoms with E-state index in [1.54, 1.807) is 0 Å². The SMILES string of the molecule is O=C(c1ccc(Cl)cc1)N(Cc1ccc(Cl)cc1[N+](=O)[O-])N1C(=O)c2cccc([N+](=O)[O-])c2C1=O. The minimum atomic E-state index is -1.11. The quantitative estimate of drug-likeness (QED) is 0.264. The maximum atomic E-state index is 13.5. The van der Waals surface area contributed by atoms with Gasteiger partial charge < -0.3 is 0 Å². The van der Waals surface area contributed by atoms with E-state index in [0.29, 0.717) is 15.0 Å². The number of imide groups is 1. The summed E-state index contributed by atoms with van der Waals surface area (Å²) in [5, 5.41) is 24.6. The fourth-order valence-electron chi connectivity index (χ4n) is 3.60. The average molecular weight is 515 g/mol. The summed E-state index contributed by atoms with van der Waals surface area (Å²) in [5.74, 6) is -2.98. The number of carbonyl (C=O) groups excluding carboxylic acids is 3. The zero-order chi connectivity index (χ0) is 25.4. The van der Waals surface area contributed by atoms with Crippen molar-refractivity contribution in [2.24, 2.45) is 0 Å². The lowest BCUT2D eigenvalue weighted by molar-refractivity contribution is -0.385. The van der Waals surface area contributed by atoms with Crippen molar-refractivity contribution in [3.8, 4) is 0 Å². The molecule has 3 aromatic rings. The maximum Gasteiger partial charge on any atom is 0.287 e. The summed E-state index contributed by atoms with van der Waals surface area (Å²) >= 11 is 11.8. The van der Waals surface area contributed by atoms with Crippen LogP contribution in [-0.4, -0.2) is 37.6 Å². The lowest BCUT2D eigenvalue weighted by Gasteiger charge is -2.30. The molecule has 0 unspecified atom stereocenters. The minimum Gasteiger partial charge on any atom is -0.267 e. The number of benzene rings is 3. The number of halogens is 2. The predicted molar refractivity (Wildman–Crippen MR) is 123 cm³/mol. The van der Waals surface area contributed by atoms with E-state index in [0.717, 1.165) is 12.1 Å². The summed E-state index contributed by atoms with van der Waals surface area (Å²) in [6.45, 7) is -0.589. The fraction of sp³-hybridized carbons (Fsp3) is 0.0455. The number of carbonyl (C=O) groups is 3. The van der Waals surface area contributed by atoms with E-state index in [9.17, 15) is 34.6 Å². The van der Waals surface area contributed by atoms with Gasteiger partial charge in [0.1, 0.15) is 5.56 Å². The van der Waals surface area contributed by atoms with E-state index in [1.165, 1.54) is 48.5 Å². The van der Waals surface area contributed by atoms with Crippen molar-refractivity contribution in [1.29, 1.82) is 0 Å². The third kappa shape index (κ3) is 4.29. The second-order valence-electron chi connectivity index (χ2n) is 7.28. The number of rotatable bonds is 6. The lowest BCUT2D eigenvalue weighted by Crippen LogP contribution is -2.49. The first kappa shape index (κ1) is 23.8. The molecule has 0 atom stereocenters. The van der Waals surface area contributed by atoms with Gasteiger partial charge in [-0.05, 0) is 42.5 Å². The predicted octanol–water partition coefficient (Wildman–Crippen LogP) is 4.66. The van der Waals surface area contributed by atoms with Crippen LogP contribution in [0.4, 0.5) is 11.4 Å². The van der Waals surface area contributed by atoms with Crippen LogP contribution in [0, 0.1) is 20.2 Å². The van der Waals surface area contributed by atoms with Gasteiger partial charge in [-0.15, -0.1) is 0 Å². The highest BCUT2D eigenvalue weighted by Crippen LogP contribution is 2.34. The number of hydrazine groups is 1. The van der Waals surface area contributed by atoms with E-state index in [2.05, 4.69) is 0 Å². The third-order valence-electron chi connectivity index (χ3n) is 5.20. The van der Waals surface area contributed by atoms with Gasteiger partial charge in [0.15, 0.2) is 0 Å². The van der Waals surface area contributed by atoms with Gasteiger partial charge in [0.05, 0.1) is 27.5 Å². The molecule has 11 nitrogen and oxygen atoms in total. The molecule has 4 rings (SSSR count). The Bertz CT molecular complexity index is 1430. The highest BCUT2D eigenvalue weighted by atomic mass is 35.5. The molecule has 3 aromatic carbocycles. The van der Waals surface area contributed by atoms with Crippen LogP contribution in [0.3, 0.4) is 0 Å². The molecular weight excluding hydrogens is 503 g/mol. The highest BCUT2D eigenvalue weighted by molar-refractivity contribution is 6.31. The van der Waals surface area contributed by atoms with E-state index in [-0.39, 0.29) is 21.7 Å². The summed E-state index contributed by atoms with van der Waals surface area (Å²) in [6.07, 6.45) is 0. The molecule has 1 heterocycles.